The molecule has 0 spiro atoms. The lowest BCUT2D eigenvalue weighted by Gasteiger charge is -2.33. The van der Waals surface area contributed by atoms with Crippen LogP contribution in [0.25, 0.3) is 21.2 Å². The Hall–Kier alpha value is -2.84. The van der Waals surface area contributed by atoms with E-state index >= 15 is 0 Å². The normalized spacial score (nSPS) is 16.4. The van der Waals surface area contributed by atoms with Crippen LogP contribution in [0, 0.1) is 0 Å². The molecule has 0 radical (unpaired) electrons. The van der Waals surface area contributed by atoms with E-state index in [0.29, 0.717) is 23.7 Å². The summed E-state index contributed by atoms with van der Waals surface area (Å²) in [6, 6.07) is 10.6. The molecule has 9 heteroatoms. The van der Waals surface area contributed by atoms with Crippen molar-refractivity contribution in [1.82, 2.24) is 29.6 Å². The van der Waals surface area contributed by atoms with Crippen LogP contribution >= 0.6 is 22.9 Å². The Morgan fingerprint density at radius 1 is 1.18 bits per heavy atom. The molecule has 0 unspecified atom stereocenters. The summed E-state index contributed by atoms with van der Waals surface area (Å²) in [5.41, 5.74) is 1.46. The predicted octanol–water partition coefficient (Wildman–Crippen LogP) is 3.82. The number of carbonyl (C=O) groups is 1. The number of hydrogen-bond acceptors (Lipinski definition) is 6. The number of fused-ring (bicyclic) bond motifs is 2. The van der Waals surface area contributed by atoms with Gasteiger partial charge in [0.2, 0.25) is 0 Å². The maximum atomic E-state index is 12.9. The van der Waals surface area contributed by atoms with Gasteiger partial charge in [0.05, 0.1) is 6.04 Å². The van der Waals surface area contributed by atoms with Gasteiger partial charge < -0.3 is 9.47 Å². The summed E-state index contributed by atoms with van der Waals surface area (Å²) >= 11 is 7.43. The van der Waals surface area contributed by atoms with Crippen LogP contribution in [0.5, 0.6) is 0 Å². The maximum Gasteiger partial charge on any atom is 0.254 e. The zero-order valence-corrected chi connectivity index (χ0v) is 16.5. The lowest BCUT2D eigenvalue weighted by atomic mass is 10.1. The Balaban J connectivity index is 1.47. The highest BCUT2D eigenvalue weighted by molar-refractivity contribution is 7.21. The van der Waals surface area contributed by atoms with Gasteiger partial charge in [0.1, 0.15) is 10.3 Å². The van der Waals surface area contributed by atoms with E-state index in [1.54, 1.807) is 30.5 Å². The number of amides is 1. The fourth-order valence-electron chi connectivity index (χ4n) is 3.44. The summed E-state index contributed by atoms with van der Waals surface area (Å²) in [5.74, 6) is 1.45. The van der Waals surface area contributed by atoms with Crippen LogP contribution in [0.4, 0.5) is 0 Å². The molecule has 3 aromatic heterocycles. The van der Waals surface area contributed by atoms with Crippen LogP contribution in [0.2, 0.25) is 5.02 Å². The zero-order chi connectivity index (χ0) is 19.3. The molecule has 1 aromatic carbocycles. The van der Waals surface area contributed by atoms with E-state index in [-0.39, 0.29) is 11.9 Å². The molecule has 1 aliphatic heterocycles. The fraction of sp³-hybridized carbons (Fsp3) is 0.211. The van der Waals surface area contributed by atoms with Crippen LogP contribution in [-0.2, 0) is 6.54 Å². The quantitative estimate of drug-likeness (QED) is 0.502. The highest BCUT2D eigenvalue weighted by Gasteiger charge is 2.32. The van der Waals surface area contributed by atoms with Crippen molar-refractivity contribution in [2.24, 2.45) is 0 Å². The number of thiazole rings is 1. The molecule has 4 heterocycles. The molecule has 4 aromatic rings. The van der Waals surface area contributed by atoms with Crippen molar-refractivity contribution in [1.29, 1.82) is 0 Å². The van der Waals surface area contributed by atoms with Gasteiger partial charge in [0.25, 0.3) is 5.91 Å². The first-order valence-corrected chi connectivity index (χ1v) is 10.0. The van der Waals surface area contributed by atoms with Crippen LogP contribution in [-0.4, -0.2) is 42.1 Å². The molecule has 140 valence electrons. The van der Waals surface area contributed by atoms with Gasteiger partial charge in [-0.25, -0.2) is 9.97 Å². The molecule has 0 aliphatic carbocycles. The van der Waals surface area contributed by atoms with Gasteiger partial charge in [-0.3, -0.25) is 4.79 Å². The molecule has 0 bridgehead atoms. The van der Waals surface area contributed by atoms with Crippen molar-refractivity contribution >= 4 is 39.2 Å². The number of nitrogens with zero attached hydrogens (tertiary/aromatic N) is 6. The molecule has 0 saturated heterocycles. The molecule has 1 amide bonds. The predicted molar refractivity (Wildman–Crippen MR) is 107 cm³/mol. The van der Waals surface area contributed by atoms with Crippen LogP contribution in [0.1, 0.15) is 29.1 Å². The number of hydrogen-bond donors (Lipinski definition) is 0. The maximum absolute atomic E-state index is 12.9. The summed E-state index contributed by atoms with van der Waals surface area (Å²) in [4.78, 5) is 24.6. The molecule has 0 saturated carbocycles. The van der Waals surface area contributed by atoms with E-state index in [1.807, 2.05) is 28.5 Å². The van der Waals surface area contributed by atoms with Gasteiger partial charge >= 0.3 is 0 Å². The molecule has 1 atom stereocenters. The van der Waals surface area contributed by atoms with Crippen molar-refractivity contribution in [3.8, 4) is 10.8 Å². The Kier molecular flexibility index (Phi) is 4.10. The zero-order valence-electron chi connectivity index (χ0n) is 14.9. The molecule has 7 nitrogen and oxygen atoms in total. The largest absolute Gasteiger partial charge is 0.327 e. The summed E-state index contributed by atoms with van der Waals surface area (Å²) in [6.45, 7) is 3.16. The van der Waals surface area contributed by atoms with Gasteiger partial charge in [-0.2, -0.15) is 0 Å². The second-order valence-electron chi connectivity index (χ2n) is 6.56. The first-order chi connectivity index (χ1) is 13.6. The molecule has 1 aliphatic rings. The van der Waals surface area contributed by atoms with Crippen LogP contribution in [0.3, 0.4) is 0 Å². The summed E-state index contributed by atoms with van der Waals surface area (Å²) < 4.78 is 2.05. The number of halogens is 1. The summed E-state index contributed by atoms with van der Waals surface area (Å²) in [5, 5.41) is 10.1. The molecule has 0 fully saturated rings. The highest BCUT2D eigenvalue weighted by atomic mass is 35.5. The first kappa shape index (κ1) is 17.3. The number of aromatic nitrogens is 5. The van der Waals surface area contributed by atoms with Gasteiger partial charge in [0, 0.05) is 29.9 Å². The number of rotatable bonds is 2. The van der Waals surface area contributed by atoms with E-state index in [4.69, 9.17) is 11.6 Å². The van der Waals surface area contributed by atoms with Gasteiger partial charge in [-0.05, 0) is 43.3 Å². The molecule has 5 rings (SSSR count). The second kappa shape index (κ2) is 6.65. The molecule has 28 heavy (non-hydrogen) atoms. The Morgan fingerprint density at radius 2 is 2.00 bits per heavy atom. The third-order valence-corrected chi connectivity index (χ3v) is 6.12. The van der Waals surface area contributed by atoms with Crippen molar-refractivity contribution in [3.63, 3.8) is 0 Å². The van der Waals surface area contributed by atoms with Crippen molar-refractivity contribution in [3.05, 3.63) is 59.0 Å². The minimum Gasteiger partial charge on any atom is -0.327 e. The lowest BCUT2D eigenvalue weighted by Crippen LogP contribution is -2.41. The average molecular weight is 411 g/mol. The first-order valence-electron chi connectivity index (χ1n) is 8.83. The second-order valence-corrected chi connectivity index (χ2v) is 7.98. The minimum absolute atomic E-state index is 0.0378. The number of pyridine rings is 1. The summed E-state index contributed by atoms with van der Waals surface area (Å²) in [6.07, 6.45) is 1.76. The molecular formula is C19H15ClN6OS. The van der Waals surface area contributed by atoms with Crippen molar-refractivity contribution in [2.75, 3.05) is 6.54 Å². The monoisotopic (exact) mass is 410 g/mol. The van der Waals surface area contributed by atoms with E-state index < -0.39 is 0 Å². The van der Waals surface area contributed by atoms with Gasteiger partial charge in [-0.1, -0.05) is 22.9 Å². The van der Waals surface area contributed by atoms with Crippen molar-refractivity contribution in [2.45, 2.75) is 19.5 Å². The third kappa shape index (κ3) is 2.76. The summed E-state index contributed by atoms with van der Waals surface area (Å²) in [7, 11) is 0. The molecular weight excluding hydrogens is 396 g/mol. The van der Waals surface area contributed by atoms with E-state index in [0.717, 1.165) is 27.0 Å². The standard InChI is InChI=1S/C19H15ClN6OS/c1-11-15-23-24-16(18-22-14-3-2-8-21-17(14)28-18)26(15)10-9-25(11)19(27)12-4-6-13(20)7-5-12/h2-8,11H,9-10H2,1H3/t11-/m1/s1. The van der Waals surface area contributed by atoms with E-state index in [2.05, 4.69) is 20.2 Å². The average Bonchev–Trinajstić information content (AvgIpc) is 3.32. The lowest BCUT2D eigenvalue weighted by molar-refractivity contribution is 0.0638. The van der Waals surface area contributed by atoms with E-state index in [9.17, 15) is 4.79 Å². The SMILES string of the molecule is C[C@@H]1c2nnc(-c3nc4cccnc4s3)n2CCN1C(=O)c1ccc(Cl)cc1. The Bertz CT molecular complexity index is 1150. The topological polar surface area (TPSA) is 76.8 Å². The molecule has 0 N–H and O–H groups in total. The van der Waals surface area contributed by atoms with Crippen LogP contribution in [0.15, 0.2) is 42.6 Å². The Morgan fingerprint density at radius 3 is 2.79 bits per heavy atom. The third-order valence-electron chi connectivity index (χ3n) is 4.89. The fourth-order valence-corrected chi connectivity index (χ4v) is 4.47. The van der Waals surface area contributed by atoms with Gasteiger partial charge in [-0.15, -0.1) is 10.2 Å². The number of benzene rings is 1. The van der Waals surface area contributed by atoms with Crippen molar-refractivity contribution < 1.29 is 4.79 Å². The Labute approximate surface area is 169 Å². The van der Waals surface area contributed by atoms with Gasteiger partial charge in [0.15, 0.2) is 16.7 Å². The highest BCUT2D eigenvalue weighted by Crippen LogP contribution is 2.32. The number of carbonyl (C=O) groups excluding carboxylic acids is 1. The minimum atomic E-state index is -0.189. The smallest absolute Gasteiger partial charge is 0.254 e. The van der Waals surface area contributed by atoms with Crippen LogP contribution < -0.4 is 0 Å². The van der Waals surface area contributed by atoms with E-state index in [1.165, 1.54) is 11.3 Å².